The number of thiazole rings is 1. The highest BCUT2D eigenvalue weighted by Crippen LogP contribution is 2.22. The van der Waals surface area contributed by atoms with Crippen LogP contribution < -0.4 is 5.32 Å². The molecule has 21 heavy (non-hydrogen) atoms. The number of hydrogen-bond donors (Lipinski definition) is 3. The maximum Gasteiger partial charge on any atom is 0.326 e. The van der Waals surface area contributed by atoms with Gasteiger partial charge in [-0.15, -0.1) is 11.3 Å². The van der Waals surface area contributed by atoms with Gasteiger partial charge in [0.1, 0.15) is 11.0 Å². The van der Waals surface area contributed by atoms with Crippen molar-refractivity contribution in [1.82, 2.24) is 15.2 Å². The van der Waals surface area contributed by atoms with E-state index >= 15 is 0 Å². The second kappa shape index (κ2) is 6.40. The molecule has 1 aromatic heterocycles. The Bertz CT molecular complexity index is 533. The third-order valence-corrected chi connectivity index (χ3v) is 4.78. The summed E-state index contributed by atoms with van der Waals surface area (Å²) in [6.07, 6.45) is 1.94. The van der Waals surface area contributed by atoms with Crippen molar-refractivity contribution in [3.8, 4) is 0 Å². The first-order valence-electron chi connectivity index (χ1n) is 6.85. The lowest BCUT2D eigenvalue weighted by atomic mass is 10.2. The number of likely N-dealkylation sites (tertiary alicyclic amines) is 1. The Hall–Kier alpha value is -1.67. The molecule has 116 valence electrons. The highest BCUT2D eigenvalue weighted by atomic mass is 32.1. The normalized spacial score (nSPS) is 23.1. The lowest BCUT2D eigenvalue weighted by Gasteiger charge is -2.23. The van der Waals surface area contributed by atoms with E-state index in [1.807, 2.05) is 6.92 Å². The molecule has 0 bridgehead atoms. The topological polar surface area (TPSA) is 103 Å². The molecule has 1 aromatic rings. The number of carboxylic acid groups (broad SMARTS) is 1. The second-order valence-corrected chi connectivity index (χ2v) is 6.23. The molecule has 1 aliphatic rings. The summed E-state index contributed by atoms with van der Waals surface area (Å²) in [4.78, 5) is 29.9. The number of nitrogens with zero attached hydrogens (tertiary/aromatic N) is 2. The summed E-state index contributed by atoms with van der Waals surface area (Å²) in [5, 5.41) is 22.2. The van der Waals surface area contributed by atoms with Crippen LogP contribution in [0.5, 0.6) is 0 Å². The van der Waals surface area contributed by atoms with Gasteiger partial charge in [0.05, 0.1) is 12.1 Å². The van der Waals surface area contributed by atoms with Crippen LogP contribution >= 0.6 is 11.3 Å². The number of nitrogens with one attached hydrogen (secondary N) is 1. The van der Waals surface area contributed by atoms with E-state index in [1.54, 1.807) is 13.1 Å². The molecule has 1 fully saturated rings. The quantitative estimate of drug-likeness (QED) is 0.769. The number of aliphatic hydroxyl groups is 1. The van der Waals surface area contributed by atoms with Crippen LogP contribution in [0.3, 0.4) is 0 Å². The zero-order valence-corrected chi connectivity index (χ0v) is 12.8. The number of aliphatic hydroxyl groups excluding tert-OH is 1. The van der Waals surface area contributed by atoms with Crippen molar-refractivity contribution in [2.24, 2.45) is 0 Å². The molecule has 2 heterocycles. The van der Waals surface area contributed by atoms with Gasteiger partial charge in [-0.1, -0.05) is 6.92 Å². The summed E-state index contributed by atoms with van der Waals surface area (Å²) in [5.74, 6) is -1.10. The van der Waals surface area contributed by atoms with Crippen molar-refractivity contribution in [3.05, 3.63) is 16.1 Å². The minimum atomic E-state index is -1.10. The molecular weight excluding hydrogens is 294 g/mol. The summed E-state index contributed by atoms with van der Waals surface area (Å²) < 4.78 is 0. The van der Waals surface area contributed by atoms with Gasteiger partial charge in [0.25, 0.3) is 0 Å². The summed E-state index contributed by atoms with van der Waals surface area (Å²) in [5.41, 5.74) is 0. The minimum Gasteiger partial charge on any atom is -0.480 e. The van der Waals surface area contributed by atoms with E-state index in [0.717, 1.165) is 21.2 Å². The van der Waals surface area contributed by atoms with E-state index in [1.165, 1.54) is 11.3 Å². The molecule has 0 spiro atoms. The highest BCUT2D eigenvalue weighted by molar-refractivity contribution is 7.11. The number of carbonyl (C=O) groups is 2. The largest absolute Gasteiger partial charge is 0.480 e. The van der Waals surface area contributed by atoms with Gasteiger partial charge in [-0.3, -0.25) is 0 Å². The van der Waals surface area contributed by atoms with Crippen LogP contribution in [-0.2, 0) is 11.2 Å². The fourth-order valence-corrected chi connectivity index (χ4v) is 3.15. The van der Waals surface area contributed by atoms with Crippen molar-refractivity contribution in [2.75, 3.05) is 6.54 Å². The molecule has 3 N–H and O–H groups in total. The minimum absolute atomic E-state index is 0.0353. The predicted octanol–water partition coefficient (Wildman–Crippen LogP) is 0.996. The van der Waals surface area contributed by atoms with E-state index in [-0.39, 0.29) is 19.0 Å². The lowest BCUT2D eigenvalue weighted by molar-refractivity contribution is -0.141. The third kappa shape index (κ3) is 3.51. The van der Waals surface area contributed by atoms with E-state index in [4.69, 9.17) is 5.11 Å². The fraction of sp³-hybridized carbons (Fsp3) is 0.615. The predicted molar refractivity (Wildman–Crippen MR) is 77.2 cm³/mol. The van der Waals surface area contributed by atoms with Crippen molar-refractivity contribution in [1.29, 1.82) is 0 Å². The van der Waals surface area contributed by atoms with Crippen molar-refractivity contribution < 1.29 is 19.8 Å². The van der Waals surface area contributed by atoms with Gasteiger partial charge in [0.15, 0.2) is 0 Å². The Kier molecular flexibility index (Phi) is 4.79. The van der Waals surface area contributed by atoms with Crippen LogP contribution in [0.1, 0.15) is 36.2 Å². The van der Waals surface area contributed by atoms with Gasteiger partial charge >= 0.3 is 12.0 Å². The van der Waals surface area contributed by atoms with Crippen LogP contribution in [0.2, 0.25) is 0 Å². The molecular formula is C13H19N3O4S. The van der Waals surface area contributed by atoms with Crippen LogP contribution in [0.4, 0.5) is 4.79 Å². The molecule has 0 aliphatic carbocycles. The van der Waals surface area contributed by atoms with Gasteiger partial charge in [-0.05, 0) is 13.3 Å². The standard InChI is InChI=1S/C13H19N3O4S/c1-3-9-5-14-11(21-9)7(2)15-13(20)16-6-8(17)4-10(16)12(18)19/h5,7-8,10,17H,3-4,6H2,1-2H3,(H,15,20)(H,18,19)/t7?,8-,10-/m0/s1. The lowest BCUT2D eigenvalue weighted by Crippen LogP contribution is -2.46. The molecule has 0 saturated carbocycles. The molecule has 2 amide bonds. The Morgan fingerprint density at radius 2 is 2.33 bits per heavy atom. The number of rotatable bonds is 4. The van der Waals surface area contributed by atoms with E-state index in [9.17, 15) is 14.7 Å². The maximum atomic E-state index is 12.2. The average Bonchev–Trinajstić information content (AvgIpc) is 3.04. The number of carbonyl (C=O) groups excluding carboxylic acids is 1. The van der Waals surface area contributed by atoms with Crippen LogP contribution in [-0.4, -0.2) is 50.8 Å². The number of amides is 2. The SMILES string of the molecule is CCc1cnc(C(C)NC(=O)N2C[C@@H](O)C[C@H]2C(=O)O)s1. The number of urea groups is 1. The van der Waals surface area contributed by atoms with Crippen molar-refractivity contribution >= 4 is 23.3 Å². The molecule has 1 saturated heterocycles. The van der Waals surface area contributed by atoms with Gasteiger partial charge in [0, 0.05) is 24.0 Å². The number of aromatic nitrogens is 1. The molecule has 0 aromatic carbocycles. The summed E-state index contributed by atoms with van der Waals surface area (Å²) in [7, 11) is 0. The number of aliphatic carboxylic acids is 1. The monoisotopic (exact) mass is 313 g/mol. The van der Waals surface area contributed by atoms with Crippen molar-refractivity contribution in [3.63, 3.8) is 0 Å². The fourth-order valence-electron chi connectivity index (χ4n) is 2.29. The first kappa shape index (κ1) is 15.7. The molecule has 7 nitrogen and oxygen atoms in total. The maximum absolute atomic E-state index is 12.2. The van der Waals surface area contributed by atoms with Crippen LogP contribution in [0, 0.1) is 0 Å². The summed E-state index contributed by atoms with van der Waals surface area (Å²) in [6, 6.07) is -1.76. The zero-order valence-electron chi connectivity index (χ0n) is 11.9. The highest BCUT2D eigenvalue weighted by Gasteiger charge is 2.39. The third-order valence-electron chi connectivity index (χ3n) is 3.46. The summed E-state index contributed by atoms with van der Waals surface area (Å²) in [6.45, 7) is 3.87. The molecule has 8 heteroatoms. The number of hydrogen-bond acceptors (Lipinski definition) is 5. The first-order valence-corrected chi connectivity index (χ1v) is 7.66. The van der Waals surface area contributed by atoms with Crippen LogP contribution in [0.25, 0.3) is 0 Å². The summed E-state index contributed by atoms with van der Waals surface area (Å²) >= 11 is 1.52. The van der Waals surface area contributed by atoms with E-state index in [2.05, 4.69) is 10.3 Å². The zero-order chi connectivity index (χ0) is 15.6. The Balaban J connectivity index is 2.01. The Morgan fingerprint density at radius 1 is 1.62 bits per heavy atom. The second-order valence-electron chi connectivity index (χ2n) is 5.09. The van der Waals surface area contributed by atoms with Gasteiger partial charge in [-0.25, -0.2) is 14.6 Å². The molecule has 2 rings (SSSR count). The number of aryl methyl sites for hydroxylation is 1. The molecule has 3 atom stereocenters. The Morgan fingerprint density at radius 3 is 2.90 bits per heavy atom. The molecule has 1 aliphatic heterocycles. The van der Waals surface area contributed by atoms with Crippen LogP contribution in [0.15, 0.2) is 6.20 Å². The Labute approximate surface area is 126 Å². The first-order chi connectivity index (χ1) is 9.92. The average molecular weight is 313 g/mol. The van der Waals surface area contributed by atoms with Crippen molar-refractivity contribution in [2.45, 2.75) is 44.9 Å². The number of carboxylic acids is 1. The molecule has 0 radical (unpaired) electrons. The van der Waals surface area contributed by atoms with Gasteiger partial charge in [-0.2, -0.15) is 0 Å². The molecule has 1 unspecified atom stereocenters. The van der Waals surface area contributed by atoms with E-state index in [0.29, 0.717) is 0 Å². The van der Waals surface area contributed by atoms with Gasteiger partial charge in [0.2, 0.25) is 0 Å². The van der Waals surface area contributed by atoms with Gasteiger partial charge < -0.3 is 20.4 Å². The smallest absolute Gasteiger partial charge is 0.326 e. The van der Waals surface area contributed by atoms with E-state index < -0.39 is 24.1 Å². The number of β-amino-alcohol motifs (C(OH)–C–C–N with tert-alkyl or cyclic N) is 1.